The van der Waals surface area contributed by atoms with Gasteiger partial charge in [0.05, 0.1) is 18.3 Å². The van der Waals surface area contributed by atoms with Crippen LogP contribution >= 0.6 is 11.6 Å². The molecule has 294 valence electrons. The summed E-state index contributed by atoms with van der Waals surface area (Å²) in [4.78, 5) is 77.1. The molecule has 0 aromatic heterocycles. The lowest BCUT2D eigenvalue weighted by Gasteiger charge is -2.37. The zero-order chi connectivity index (χ0) is 39.2. The molecule has 4 aliphatic rings. The van der Waals surface area contributed by atoms with Gasteiger partial charge in [0.15, 0.2) is 11.8 Å². The van der Waals surface area contributed by atoms with Gasteiger partial charge < -0.3 is 31.5 Å². The minimum atomic E-state index is -1.09. The third-order valence-corrected chi connectivity index (χ3v) is 11.3. The van der Waals surface area contributed by atoms with Crippen molar-refractivity contribution in [1.29, 1.82) is 0 Å². The molecular weight excluding hydrogens is 712 g/mol. The van der Waals surface area contributed by atoms with Crippen LogP contribution in [0.4, 0.5) is 0 Å². The summed E-state index contributed by atoms with van der Waals surface area (Å²) in [6, 6.07) is 3.95. The number of hydrazone groups is 1. The summed E-state index contributed by atoms with van der Waals surface area (Å²) in [5.74, 6) is 2.30. The first-order valence-corrected chi connectivity index (χ1v) is 19.6. The maximum absolute atomic E-state index is 14.9. The zero-order valence-electron chi connectivity index (χ0n) is 31.9. The second-order valence-corrected chi connectivity index (χ2v) is 16.9. The van der Waals surface area contributed by atoms with Gasteiger partial charge in [-0.1, -0.05) is 82.3 Å². The smallest absolute Gasteiger partial charge is 0.289 e. The number of hydrogen-bond acceptors (Lipinski definition) is 9. The number of nitrogens with one attached hydrogen (secondary N) is 3. The second-order valence-electron chi connectivity index (χ2n) is 16.5. The Labute approximate surface area is 322 Å². The summed E-state index contributed by atoms with van der Waals surface area (Å²) in [6.07, 6.45) is 9.06. The van der Waals surface area contributed by atoms with Crippen LogP contribution in [0, 0.1) is 17.3 Å². The number of carbonyl (C=O) groups is 5. The first-order valence-electron chi connectivity index (χ1n) is 19.3. The summed E-state index contributed by atoms with van der Waals surface area (Å²) in [7, 11) is 0. The molecule has 15 heteroatoms. The molecule has 14 nitrogen and oxygen atoms in total. The Morgan fingerprint density at radius 2 is 1.85 bits per heavy atom. The number of nitrogens with two attached hydrogens (primary N) is 2. The van der Waals surface area contributed by atoms with Gasteiger partial charge in [0.2, 0.25) is 23.5 Å². The van der Waals surface area contributed by atoms with Crippen LogP contribution in [0.5, 0.6) is 0 Å². The molecule has 4 amide bonds. The van der Waals surface area contributed by atoms with Crippen LogP contribution in [-0.4, -0.2) is 88.3 Å². The SMILES string of the molecule is CCC[C@H](NC(=O)[C@@H]1C[C@]2(CC(c3cccc(Cl)c3)=NO2)CN1C(=O)[C@@H](NC(=O)[C@@H](C/C(C=[NH2+])=N/N)C1CCCCC1)C(C)(C)C)C(=O)C(=O)NC1CC1. The maximum atomic E-state index is 14.9. The van der Waals surface area contributed by atoms with E-state index >= 15 is 0 Å². The van der Waals surface area contributed by atoms with E-state index < -0.39 is 58.6 Å². The topological polar surface area (TPSA) is 210 Å². The van der Waals surface area contributed by atoms with Gasteiger partial charge in [-0.2, -0.15) is 5.10 Å². The molecule has 1 aromatic rings. The number of likely N-dealkylation sites (tertiary alicyclic amines) is 1. The Kier molecular flexibility index (Phi) is 13.2. The molecule has 1 aromatic carbocycles. The second kappa shape index (κ2) is 17.4. The van der Waals surface area contributed by atoms with Crippen LogP contribution in [0.2, 0.25) is 5.02 Å². The van der Waals surface area contributed by atoms with Crippen LogP contribution in [-0.2, 0) is 28.8 Å². The Morgan fingerprint density at radius 1 is 1.13 bits per heavy atom. The summed E-state index contributed by atoms with van der Waals surface area (Å²) in [5.41, 5.74) is -0.0837. The highest BCUT2D eigenvalue weighted by Gasteiger charge is 2.56. The van der Waals surface area contributed by atoms with Crippen LogP contribution in [0.1, 0.15) is 110 Å². The number of oxime groups is 1. The van der Waals surface area contributed by atoms with Crippen molar-refractivity contribution in [3.8, 4) is 0 Å². The Morgan fingerprint density at radius 3 is 2.46 bits per heavy atom. The fourth-order valence-corrected chi connectivity index (χ4v) is 8.07. The number of nitrogens with zero attached hydrogens (tertiary/aromatic N) is 3. The number of Topliss-reactive ketones (excluding diaryl/α,β-unsaturated/α-hetero) is 1. The fraction of sp³-hybridized carbons (Fsp3) is 0.641. The normalized spacial score (nSPS) is 23.5. The molecular formula is C39H56ClN8O6+. The molecule has 2 saturated carbocycles. The average Bonchev–Trinajstić information content (AvgIpc) is 3.74. The first kappa shape index (κ1) is 40.8. The number of halogens is 1. The predicted octanol–water partition coefficient (Wildman–Crippen LogP) is 2.20. The van der Waals surface area contributed by atoms with Crippen molar-refractivity contribution in [1.82, 2.24) is 20.9 Å². The Bertz CT molecular complexity index is 1670. The van der Waals surface area contributed by atoms with Crippen molar-refractivity contribution in [2.75, 3.05) is 6.54 Å². The minimum Gasteiger partial charge on any atom is -0.387 e. The molecule has 0 unspecified atom stereocenters. The number of hydrogen-bond donors (Lipinski definition) is 5. The third-order valence-electron chi connectivity index (χ3n) is 11.1. The number of benzene rings is 1. The number of ketones is 1. The molecule has 5 rings (SSSR count). The molecule has 7 N–H and O–H groups in total. The van der Waals surface area contributed by atoms with Gasteiger partial charge in [0.25, 0.3) is 5.91 Å². The van der Waals surface area contributed by atoms with Crippen LogP contribution in [0.25, 0.3) is 0 Å². The van der Waals surface area contributed by atoms with Crippen LogP contribution in [0.15, 0.2) is 34.5 Å². The van der Waals surface area contributed by atoms with E-state index in [-0.39, 0.29) is 50.1 Å². The van der Waals surface area contributed by atoms with Crippen LogP contribution in [0.3, 0.4) is 0 Å². The molecule has 54 heavy (non-hydrogen) atoms. The van der Waals surface area contributed by atoms with Gasteiger partial charge >= 0.3 is 0 Å². The van der Waals surface area contributed by atoms with E-state index in [2.05, 4.69) is 26.2 Å². The Hall–Kier alpha value is -4.33. The van der Waals surface area contributed by atoms with Crippen molar-refractivity contribution in [2.45, 2.75) is 135 Å². The van der Waals surface area contributed by atoms with Crippen molar-refractivity contribution in [2.24, 2.45) is 33.4 Å². The molecule has 1 saturated heterocycles. The zero-order valence-corrected chi connectivity index (χ0v) is 32.6. The number of rotatable bonds is 15. The molecule has 0 bridgehead atoms. The van der Waals surface area contributed by atoms with Gasteiger partial charge in [0.1, 0.15) is 17.8 Å². The summed E-state index contributed by atoms with van der Waals surface area (Å²) in [5, 5.41) is 23.1. The van der Waals surface area contributed by atoms with Crippen molar-refractivity contribution in [3.05, 3.63) is 34.9 Å². The summed E-state index contributed by atoms with van der Waals surface area (Å²) in [6.45, 7) is 7.42. The maximum Gasteiger partial charge on any atom is 0.289 e. The quantitative estimate of drug-likeness (QED) is 0.0777. The molecule has 2 heterocycles. The highest BCUT2D eigenvalue weighted by atomic mass is 35.5. The summed E-state index contributed by atoms with van der Waals surface area (Å²) >= 11 is 6.28. The standard InChI is InChI=1S/C39H55ClN8O6/c1-5-10-29(32(49)36(52)43-26-15-16-26)44-35(51)31-20-39(19-30(47-54-39)24-13-9-14-25(40)17-24)22-48(31)37(53)33(38(2,3)4)45-34(50)28(18-27(21-41)46-42)23-11-7-6-8-12-23/h9,13-14,17,21,23,26,28-29,31,33,41H,5-8,10-12,15-16,18-20,22,42H2,1-4H3,(H,43,52)(H,44,51)(H,45,50)/p+1/b41-21?,46-27-/t28-,29-,31-,33+,39+/m0/s1. The van der Waals surface area contributed by atoms with Gasteiger partial charge in [-0.15, -0.1) is 0 Å². The molecule has 2 aliphatic heterocycles. The van der Waals surface area contributed by atoms with E-state index in [0.717, 1.165) is 50.5 Å². The van der Waals surface area contributed by atoms with E-state index in [4.69, 9.17) is 27.7 Å². The lowest BCUT2D eigenvalue weighted by Crippen LogP contribution is -2.60. The van der Waals surface area contributed by atoms with Gasteiger partial charge in [-0.25, -0.2) is 0 Å². The van der Waals surface area contributed by atoms with Gasteiger partial charge in [0, 0.05) is 41.8 Å². The largest absolute Gasteiger partial charge is 0.387 e. The molecule has 3 fully saturated rings. The lowest BCUT2D eigenvalue weighted by molar-refractivity contribution is -0.146. The van der Waals surface area contributed by atoms with E-state index in [1.165, 1.54) is 11.1 Å². The average molecular weight is 768 g/mol. The monoisotopic (exact) mass is 767 g/mol. The van der Waals surface area contributed by atoms with Gasteiger partial charge in [-0.3, -0.25) is 29.4 Å². The Balaban J connectivity index is 1.43. The van der Waals surface area contributed by atoms with Crippen molar-refractivity contribution < 1.29 is 34.2 Å². The van der Waals surface area contributed by atoms with Crippen molar-refractivity contribution >= 4 is 58.7 Å². The highest BCUT2D eigenvalue weighted by molar-refractivity contribution is 6.38. The van der Waals surface area contributed by atoms with E-state index in [0.29, 0.717) is 22.9 Å². The predicted molar refractivity (Wildman–Crippen MR) is 205 cm³/mol. The molecule has 2 aliphatic carbocycles. The van der Waals surface area contributed by atoms with Crippen molar-refractivity contribution in [3.63, 3.8) is 0 Å². The molecule has 1 spiro atoms. The van der Waals surface area contributed by atoms with E-state index in [1.54, 1.807) is 18.2 Å². The highest BCUT2D eigenvalue weighted by Crippen LogP contribution is 2.41. The number of carbonyl (C=O) groups excluding carboxylic acids is 5. The fourth-order valence-electron chi connectivity index (χ4n) is 7.88. The molecule has 5 atom stereocenters. The van der Waals surface area contributed by atoms with Gasteiger partial charge in [-0.05, 0) is 55.6 Å². The number of amides is 4. The van der Waals surface area contributed by atoms with E-state index in [9.17, 15) is 24.0 Å². The van der Waals surface area contributed by atoms with E-state index in [1.807, 2.05) is 33.8 Å². The first-order chi connectivity index (χ1) is 25.7. The minimum absolute atomic E-state index is 0.00728. The van der Waals surface area contributed by atoms with Crippen LogP contribution < -0.4 is 27.2 Å². The molecule has 0 radical (unpaired) electrons. The lowest BCUT2D eigenvalue weighted by atomic mass is 9.76. The third kappa shape index (κ3) is 9.85. The summed E-state index contributed by atoms with van der Waals surface area (Å²) < 4.78 is 0.